The lowest BCUT2D eigenvalue weighted by Gasteiger charge is -2.23. The summed E-state index contributed by atoms with van der Waals surface area (Å²) in [6.45, 7) is 4.36. The highest BCUT2D eigenvalue weighted by molar-refractivity contribution is 9.10. The third-order valence-corrected chi connectivity index (χ3v) is 4.09. The molecule has 1 aliphatic rings. The number of carbonyl (C=O) groups excluding carboxylic acids is 1. The summed E-state index contributed by atoms with van der Waals surface area (Å²) in [4.78, 5) is 12.0. The van der Waals surface area contributed by atoms with Crippen molar-refractivity contribution in [2.24, 2.45) is 5.92 Å². The van der Waals surface area contributed by atoms with Crippen molar-refractivity contribution in [3.05, 3.63) is 28.7 Å². The predicted molar refractivity (Wildman–Crippen MR) is 82.8 cm³/mol. The van der Waals surface area contributed by atoms with Crippen LogP contribution in [-0.4, -0.2) is 31.6 Å². The average molecular weight is 341 g/mol. The number of ether oxygens (including phenoxy) is 1. The molecule has 20 heavy (non-hydrogen) atoms. The number of carbonyl (C=O) groups is 1. The molecule has 4 nitrogen and oxygen atoms in total. The molecule has 1 aromatic rings. The van der Waals surface area contributed by atoms with E-state index in [-0.39, 0.29) is 17.9 Å². The molecule has 1 amide bonds. The normalized spacial score (nSPS) is 17.5. The van der Waals surface area contributed by atoms with Gasteiger partial charge in [-0.2, -0.15) is 0 Å². The number of nitrogens with one attached hydrogen (secondary N) is 2. The van der Waals surface area contributed by atoms with E-state index in [1.165, 1.54) is 0 Å². The molecule has 0 aliphatic carbocycles. The van der Waals surface area contributed by atoms with Gasteiger partial charge in [-0.3, -0.25) is 4.79 Å². The zero-order chi connectivity index (χ0) is 14.4. The van der Waals surface area contributed by atoms with Crippen LogP contribution >= 0.6 is 15.9 Å². The van der Waals surface area contributed by atoms with E-state index in [0.29, 0.717) is 6.54 Å². The Kier molecular flexibility index (Phi) is 5.86. The molecule has 2 N–H and O–H groups in total. The molecule has 2 rings (SSSR count). The molecule has 110 valence electrons. The fraction of sp³-hybridized carbons (Fsp3) is 0.533. The molecule has 0 aromatic heterocycles. The number of amides is 1. The van der Waals surface area contributed by atoms with Crippen LogP contribution in [0.5, 0.6) is 5.75 Å². The summed E-state index contributed by atoms with van der Waals surface area (Å²) in [7, 11) is 0. The van der Waals surface area contributed by atoms with E-state index in [2.05, 4.69) is 26.6 Å². The summed E-state index contributed by atoms with van der Waals surface area (Å²) in [6, 6.07) is 7.73. The summed E-state index contributed by atoms with van der Waals surface area (Å²) in [6.07, 6.45) is 1.79. The summed E-state index contributed by atoms with van der Waals surface area (Å²) < 4.78 is 6.74. The highest BCUT2D eigenvalue weighted by Gasteiger charge is 2.21. The highest BCUT2D eigenvalue weighted by atomic mass is 79.9. The second-order valence-corrected chi connectivity index (χ2v) is 5.98. The van der Waals surface area contributed by atoms with E-state index < -0.39 is 0 Å². The summed E-state index contributed by atoms with van der Waals surface area (Å²) >= 11 is 3.45. The lowest BCUT2D eigenvalue weighted by atomic mass is 9.97. The molecule has 1 aliphatic heterocycles. The second kappa shape index (κ2) is 7.64. The number of rotatable bonds is 5. The average Bonchev–Trinajstić information content (AvgIpc) is 2.48. The minimum atomic E-state index is -0.0561. The number of hydrogen-bond acceptors (Lipinski definition) is 3. The van der Waals surface area contributed by atoms with Gasteiger partial charge >= 0.3 is 0 Å². The molecule has 0 saturated carbocycles. The van der Waals surface area contributed by atoms with Crippen molar-refractivity contribution in [1.29, 1.82) is 0 Å². The number of piperidine rings is 1. The van der Waals surface area contributed by atoms with Crippen LogP contribution in [-0.2, 0) is 4.79 Å². The van der Waals surface area contributed by atoms with Crippen molar-refractivity contribution >= 4 is 21.8 Å². The Balaban J connectivity index is 1.76. The fourth-order valence-electron chi connectivity index (χ4n) is 2.27. The topological polar surface area (TPSA) is 50.4 Å². The van der Waals surface area contributed by atoms with E-state index >= 15 is 0 Å². The molecule has 1 aromatic carbocycles. The Labute approximate surface area is 128 Å². The van der Waals surface area contributed by atoms with Gasteiger partial charge in [-0.25, -0.2) is 0 Å². The largest absolute Gasteiger partial charge is 0.488 e. The zero-order valence-electron chi connectivity index (χ0n) is 11.7. The minimum Gasteiger partial charge on any atom is -0.488 e. The summed E-state index contributed by atoms with van der Waals surface area (Å²) in [5.41, 5.74) is 0. The van der Waals surface area contributed by atoms with Crippen LogP contribution in [0.1, 0.15) is 19.8 Å². The van der Waals surface area contributed by atoms with Gasteiger partial charge < -0.3 is 15.4 Å². The van der Waals surface area contributed by atoms with Crippen LogP contribution in [0.2, 0.25) is 0 Å². The molecule has 5 heteroatoms. The van der Waals surface area contributed by atoms with E-state index in [0.717, 1.165) is 36.2 Å². The van der Waals surface area contributed by atoms with E-state index in [9.17, 15) is 4.79 Å². The van der Waals surface area contributed by atoms with Gasteiger partial charge in [0.25, 0.3) is 0 Å². The smallest absolute Gasteiger partial charge is 0.223 e. The Bertz CT molecular complexity index is 447. The first kappa shape index (κ1) is 15.3. The molecule has 1 atom stereocenters. The van der Waals surface area contributed by atoms with Gasteiger partial charge in [0.2, 0.25) is 5.91 Å². The second-order valence-electron chi connectivity index (χ2n) is 5.13. The van der Waals surface area contributed by atoms with Crippen LogP contribution in [0.15, 0.2) is 28.7 Å². The molecule has 0 radical (unpaired) electrons. The highest BCUT2D eigenvalue weighted by Crippen LogP contribution is 2.24. The van der Waals surface area contributed by atoms with Crippen LogP contribution in [0, 0.1) is 5.92 Å². The summed E-state index contributed by atoms with van der Waals surface area (Å²) in [5, 5.41) is 6.25. The van der Waals surface area contributed by atoms with Gasteiger partial charge in [0.1, 0.15) is 11.9 Å². The van der Waals surface area contributed by atoms with E-state index in [4.69, 9.17) is 4.74 Å². The van der Waals surface area contributed by atoms with Crippen molar-refractivity contribution < 1.29 is 9.53 Å². The van der Waals surface area contributed by atoms with Crippen molar-refractivity contribution in [3.8, 4) is 5.75 Å². The molecule has 1 heterocycles. The van der Waals surface area contributed by atoms with Gasteiger partial charge in [0, 0.05) is 5.92 Å². The maximum Gasteiger partial charge on any atom is 0.223 e. The first-order valence-corrected chi connectivity index (χ1v) is 7.85. The third-order valence-electron chi connectivity index (χ3n) is 3.44. The van der Waals surface area contributed by atoms with Crippen LogP contribution < -0.4 is 15.4 Å². The van der Waals surface area contributed by atoms with Crippen molar-refractivity contribution in [3.63, 3.8) is 0 Å². The standard InChI is InChI=1S/C15H21BrN2O2/c1-11(20-14-5-3-2-4-13(14)16)10-18-15(19)12-6-8-17-9-7-12/h2-5,11-12,17H,6-10H2,1H3,(H,18,19). The van der Waals surface area contributed by atoms with Gasteiger partial charge in [-0.05, 0) is 60.9 Å². The SMILES string of the molecule is CC(CNC(=O)C1CCNCC1)Oc1ccccc1Br. The molecule has 0 bridgehead atoms. The quantitative estimate of drug-likeness (QED) is 0.864. The maximum atomic E-state index is 12.0. The Hall–Kier alpha value is -1.07. The monoisotopic (exact) mass is 340 g/mol. The Morgan fingerprint density at radius 1 is 1.45 bits per heavy atom. The van der Waals surface area contributed by atoms with Crippen LogP contribution in [0.25, 0.3) is 0 Å². The Morgan fingerprint density at radius 2 is 2.15 bits per heavy atom. The Morgan fingerprint density at radius 3 is 2.85 bits per heavy atom. The lowest BCUT2D eigenvalue weighted by Crippen LogP contribution is -2.41. The minimum absolute atomic E-state index is 0.0561. The van der Waals surface area contributed by atoms with Gasteiger partial charge in [-0.15, -0.1) is 0 Å². The number of para-hydroxylation sites is 1. The van der Waals surface area contributed by atoms with Crippen LogP contribution in [0.3, 0.4) is 0 Å². The molecular formula is C15H21BrN2O2. The first-order valence-electron chi connectivity index (χ1n) is 7.06. The third kappa shape index (κ3) is 4.49. The molecule has 1 unspecified atom stereocenters. The van der Waals surface area contributed by atoms with Gasteiger partial charge in [-0.1, -0.05) is 12.1 Å². The molecule has 0 spiro atoms. The van der Waals surface area contributed by atoms with Gasteiger partial charge in [0.05, 0.1) is 11.0 Å². The van der Waals surface area contributed by atoms with Crippen molar-refractivity contribution in [2.45, 2.75) is 25.9 Å². The van der Waals surface area contributed by atoms with Crippen LogP contribution in [0.4, 0.5) is 0 Å². The van der Waals surface area contributed by atoms with E-state index in [1.54, 1.807) is 0 Å². The fourth-order valence-corrected chi connectivity index (χ4v) is 2.65. The zero-order valence-corrected chi connectivity index (χ0v) is 13.3. The molecular weight excluding hydrogens is 320 g/mol. The van der Waals surface area contributed by atoms with Crippen molar-refractivity contribution in [1.82, 2.24) is 10.6 Å². The lowest BCUT2D eigenvalue weighted by molar-refractivity contribution is -0.126. The molecule has 1 saturated heterocycles. The predicted octanol–water partition coefficient (Wildman–Crippen LogP) is 2.33. The first-order chi connectivity index (χ1) is 9.66. The molecule has 1 fully saturated rings. The van der Waals surface area contributed by atoms with Crippen molar-refractivity contribution in [2.75, 3.05) is 19.6 Å². The van der Waals surface area contributed by atoms with E-state index in [1.807, 2.05) is 31.2 Å². The number of benzene rings is 1. The number of halogens is 1. The maximum absolute atomic E-state index is 12.0. The summed E-state index contributed by atoms with van der Waals surface area (Å²) in [5.74, 6) is 1.09. The van der Waals surface area contributed by atoms with Gasteiger partial charge in [0.15, 0.2) is 0 Å². The number of hydrogen-bond donors (Lipinski definition) is 2.